The molecule has 144 valence electrons. The molecule has 1 aromatic heterocycles. The number of rotatable bonds is 3. The molecule has 0 aliphatic carbocycles. The van der Waals surface area contributed by atoms with Crippen molar-refractivity contribution in [3.05, 3.63) is 114 Å². The minimum atomic E-state index is 1.02. The van der Waals surface area contributed by atoms with Crippen molar-refractivity contribution in [2.75, 3.05) is 0 Å². The highest BCUT2D eigenvalue weighted by atomic mass is 14.7. The van der Waals surface area contributed by atoms with Gasteiger partial charge in [-0.25, -0.2) is 4.98 Å². The maximum absolute atomic E-state index is 5.18. The summed E-state index contributed by atoms with van der Waals surface area (Å²) in [6.45, 7) is 4.26. The Bertz CT molecular complexity index is 1320. The summed E-state index contributed by atoms with van der Waals surface area (Å²) in [5.74, 6) is 0. The first-order valence-electron chi connectivity index (χ1n) is 10.3. The highest BCUT2D eigenvalue weighted by Gasteiger charge is 2.19. The second-order valence-corrected chi connectivity index (χ2v) is 7.83. The van der Waals surface area contributed by atoms with Gasteiger partial charge in [0, 0.05) is 22.1 Å². The van der Waals surface area contributed by atoms with Crippen LogP contribution in [0.25, 0.3) is 44.4 Å². The van der Waals surface area contributed by atoms with Gasteiger partial charge in [0.25, 0.3) is 0 Å². The van der Waals surface area contributed by atoms with Crippen LogP contribution in [0.5, 0.6) is 0 Å². The highest BCUT2D eigenvalue weighted by Crippen LogP contribution is 2.43. The van der Waals surface area contributed by atoms with Crippen LogP contribution >= 0.6 is 0 Å². The van der Waals surface area contributed by atoms with Crippen LogP contribution in [0.15, 0.2) is 103 Å². The first-order chi connectivity index (χ1) is 14.7. The van der Waals surface area contributed by atoms with E-state index < -0.39 is 0 Å². The summed E-state index contributed by atoms with van der Waals surface area (Å²) in [6, 6.07) is 36.5. The lowest BCUT2D eigenvalue weighted by Gasteiger charge is -2.19. The molecule has 30 heavy (non-hydrogen) atoms. The second-order valence-electron chi connectivity index (χ2n) is 7.83. The molecular formula is C29H23N. The molecule has 0 saturated carbocycles. The number of hydrogen-bond donors (Lipinski definition) is 0. The van der Waals surface area contributed by atoms with E-state index in [0.717, 1.165) is 16.8 Å². The largest absolute Gasteiger partial charge is 0.247 e. The van der Waals surface area contributed by atoms with Crippen LogP contribution in [0.2, 0.25) is 0 Å². The van der Waals surface area contributed by atoms with Gasteiger partial charge < -0.3 is 0 Å². The number of fused-ring (bicyclic) bond motifs is 1. The van der Waals surface area contributed by atoms with Crippen LogP contribution in [-0.4, -0.2) is 4.98 Å². The zero-order valence-corrected chi connectivity index (χ0v) is 17.3. The summed E-state index contributed by atoms with van der Waals surface area (Å²) in [5.41, 5.74) is 10.5. The SMILES string of the molecule is Cc1ccc(-c2nc3ccc(C)cc3c(-c3ccccc3)c2-c2ccccc2)cc1. The number of pyridine rings is 1. The predicted molar refractivity (Wildman–Crippen MR) is 128 cm³/mol. The molecule has 5 aromatic rings. The summed E-state index contributed by atoms with van der Waals surface area (Å²) >= 11 is 0. The van der Waals surface area contributed by atoms with E-state index in [1.54, 1.807) is 0 Å². The quantitative estimate of drug-likeness (QED) is 0.308. The maximum Gasteiger partial charge on any atom is 0.0794 e. The molecule has 0 aliphatic rings. The molecule has 1 nitrogen and oxygen atoms in total. The Morgan fingerprint density at radius 1 is 0.500 bits per heavy atom. The predicted octanol–water partition coefficient (Wildman–Crippen LogP) is 7.85. The molecule has 5 rings (SSSR count). The van der Waals surface area contributed by atoms with Crippen LogP contribution in [0, 0.1) is 13.8 Å². The molecule has 4 aromatic carbocycles. The zero-order valence-electron chi connectivity index (χ0n) is 17.3. The van der Waals surface area contributed by atoms with Gasteiger partial charge in [-0.3, -0.25) is 0 Å². The molecule has 0 saturated heterocycles. The average molecular weight is 386 g/mol. The Kier molecular flexibility index (Phi) is 4.65. The van der Waals surface area contributed by atoms with Gasteiger partial charge in [-0.1, -0.05) is 102 Å². The third kappa shape index (κ3) is 3.29. The van der Waals surface area contributed by atoms with Crippen LogP contribution in [0.4, 0.5) is 0 Å². The van der Waals surface area contributed by atoms with E-state index in [0.29, 0.717) is 0 Å². The minimum Gasteiger partial charge on any atom is -0.247 e. The third-order valence-electron chi connectivity index (χ3n) is 5.59. The van der Waals surface area contributed by atoms with Gasteiger partial charge in [-0.15, -0.1) is 0 Å². The van der Waals surface area contributed by atoms with Crippen molar-refractivity contribution in [2.24, 2.45) is 0 Å². The Morgan fingerprint density at radius 3 is 1.70 bits per heavy atom. The van der Waals surface area contributed by atoms with E-state index in [-0.39, 0.29) is 0 Å². The van der Waals surface area contributed by atoms with Crippen molar-refractivity contribution < 1.29 is 0 Å². The van der Waals surface area contributed by atoms with Crippen LogP contribution in [0.1, 0.15) is 11.1 Å². The summed E-state index contributed by atoms with van der Waals surface area (Å²) in [6.07, 6.45) is 0. The van der Waals surface area contributed by atoms with Crippen molar-refractivity contribution in [1.82, 2.24) is 4.98 Å². The van der Waals surface area contributed by atoms with E-state index in [1.807, 2.05) is 0 Å². The Balaban J connectivity index is 1.97. The Labute approximate surface area is 177 Å². The average Bonchev–Trinajstić information content (AvgIpc) is 2.79. The van der Waals surface area contributed by atoms with Gasteiger partial charge in [0.2, 0.25) is 0 Å². The lowest BCUT2D eigenvalue weighted by atomic mass is 9.87. The van der Waals surface area contributed by atoms with Crippen molar-refractivity contribution in [3.8, 4) is 33.5 Å². The van der Waals surface area contributed by atoms with Gasteiger partial charge in [-0.05, 0) is 37.1 Å². The van der Waals surface area contributed by atoms with E-state index in [2.05, 4.69) is 117 Å². The molecule has 0 unspecified atom stereocenters. The maximum atomic E-state index is 5.18. The summed E-state index contributed by atoms with van der Waals surface area (Å²) < 4.78 is 0. The monoisotopic (exact) mass is 385 g/mol. The first kappa shape index (κ1) is 18.3. The third-order valence-corrected chi connectivity index (χ3v) is 5.59. The fourth-order valence-electron chi connectivity index (χ4n) is 4.09. The van der Waals surface area contributed by atoms with Crippen molar-refractivity contribution >= 4 is 10.9 Å². The molecule has 0 atom stereocenters. The summed E-state index contributed by atoms with van der Waals surface area (Å²) in [7, 11) is 0. The molecular weight excluding hydrogens is 362 g/mol. The van der Waals surface area contributed by atoms with Crippen LogP contribution in [0.3, 0.4) is 0 Å². The summed E-state index contributed by atoms with van der Waals surface area (Å²) in [4.78, 5) is 5.18. The standard InChI is InChI=1S/C29H23N/c1-20-13-16-24(17-14-20)29-28(23-11-7-4-8-12-23)27(22-9-5-3-6-10-22)25-19-21(2)15-18-26(25)30-29/h3-19H,1-2H3. The second kappa shape index (κ2) is 7.61. The number of aromatic nitrogens is 1. The van der Waals surface area contributed by atoms with Crippen molar-refractivity contribution in [2.45, 2.75) is 13.8 Å². The number of nitrogens with zero attached hydrogens (tertiary/aromatic N) is 1. The molecule has 0 spiro atoms. The van der Waals surface area contributed by atoms with Crippen LogP contribution in [-0.2, 0) is 0 Å². The Morgan fingerprint density at radius 2 is 1.07 bits per heavy atom. The van der Waals surface area contributed by atoms with E-state index >= 15 is 0 Å². The number of benzene rings is 4. The topological polar surface area (TPSA) is 12.9 Å². The smallest absolute Gasteiger partial charge is 0.0794 e. The van der Waals surface area contributed by atoms with Crippen LogP contribution < -0.4 is 0 Å². The molecule has 1 heteroatoms. The molecule has 0 radical (unpaired) electrons. The molecule has 0 aliphatic heterocycles. The normalized spacial score (nSPS) is 11.0. The van der Waals surface area contributed by atoms with Gasteiger partial charge in [0.1, 0.15) is 0 Å². The molecule has 0 N–H and O–H groups in total. The van der Waals surface area contributed by atoms with Crippen molar-refractivity contribution in [3.63, 3.8) is 0 Å². The minimum absolute atomic E-state index is 1.02. The van der Waals surface area contributed by atoms with E-state index in [4.69, 9.17) is 4.98 Å². The van der Waals surface area contributed by atoms with E-state index in [1.165, 1.54) is 38.8 Å². The lowest BCUT2D eigenvalue weighted by molar-refractivity contribution is 1.37. The van der Waals surface area contributed by atoms with Gasteiger partial charge in [0.05, 0.1) is 11.2 Å². The van der Waals surface area contributed by atoms with Crippen molar-refractivity contribution in [1.29, 1.82) is 0 Å². The highest BCUT2D eigenvalue weighted by molar-refractivity contribution is 6.07. The molecule has 0 amide bonds. The number of hydrogen-bond acceptors (Lipinski definition) is 1. The fourth-order valence-corrected chi connectivity index (χ4v) is 4.09. The van der Waals surface area contributed by atoms with Gasteiger partial charge in [-0.2, -0.15) is 0 Å². The fraction of sp³-hybridized carbons (Fsp3) is 0.0690. The lowest BCUT2D eigenvalue weighted by Crippen LogP contribution is -1.97. The van der Waals surface area contributed by atoms with E-state index in [9.17, 15) is 0 Å². The molecule has 0 fully saturated rings. The zero-order chi connectivity index (χ0) is 20.5. The molecule has 0 bridgehead atoms. The van der Waals surface area contributed by atoms with Gasteiger partial charge in [0.15, 0.2) is 0 Å². The first-order valence-corrected chi connectivity index (χ1v) is 10.3. The molecule has 1 heterocycles. The summed E-state index contributed by atoms with van der Waals surface area (Å²) in [5, 5.41) is 1.19. The van der Waals surface area contributed by atoms with Gasteiger partial charge >= 0.3 is 0 Å². The number of aryl methyl sites for hydroxylation is 2. The Hall–Kier alpha value is -3.71.